The minimum Gasteiger partial charge on any atom is -0.0591 e. The average Bonchev–Trinajstić information content (AvgIpc) is 2.93. The Labute approximate surface area is 145 Å². The lowest BCUT2D eigenvalue weighted by Crippen LogP contribution is -2.45. The maximum atomic E-state index is 2.66. The smallest absolute Gasteiger partial charge is 0.0272 e. The molecule has 0 N–H and O–H groups in total. The topological polar surface area (TPSA) is 0 Å². The third kappa shape index (κ3) is 2.71. The average molecular weight is 317 g/mol. The van der Waals surface area contributed by atoms with Crippen LogP contribution in [0.2, 0.25) is 0 Å². The Balaban J connectivity index is 1.47. The van der Waals surface area contributed by atoms with Crippen LogP contribution in [-0.2, 0) is 0 Å². The van der Waals surface area contributed by atoms with E-state index < -0.39 is 0 Å². The maximum Gasteiger partial charge on any atom is -0.0272 e. The monoisotopic (exact) mass is 316 g/mol. The second kappa shape index (κ2) is 6.06. The molecule has 0 aromatic carbocycles. The standard InChI is InChI=1S/C23H40/c1-22(2,23(3)13-7-4-8-14-23)19-11-12-21-18(16-19)15-17-9-5-6-10-20(17)21/h17-21H,4-16H2,1-3H3. The molecule has 0 bridgehead atoms. The summed E-state index contributed by atoms with van der Waals surface area (Å²) in [5, 5.41) is 0. The van der Waals surface area contributed by atoms with Crippen molar-refractivity contribution in [3.05, 3.63) is 0 Å². The summed E-state index contributed by atoms with van der Waals surface area (Å²) >= 11 is 0. The highest BCUT2D eigenvalue weighted by molar-refractivity contribution is 5.02. The van der Waals surface area contributed by atoms with Crippen molar-refractivity contribution in [1.29, 1.82) is 0 Å². The molecular formula is C23H40. The summed E-state index contributed by atoms with van der Waals surface area (Å²) in [6.45, 7) is 7.96. The van der Waals surface area contributed by atoms with E-state index in [1.54, 1.807) is 38.5 Å². The lowest BCUT2D eigenvalue weighted by Gasteiger charge is -2.54. The van der Waals surface area contributed by atoms with Gasteiger partial charge in [0.2, 0.25) is 0 Å². The molecule has 4 rings (SSSR count). The zero-order chi connectivity index (χ0) is 16.1. The summed E-state index contributed by atoms with van der Waals surface area (Å²) in [5.41, 5.74) is 1.18. The van der Waals surface area contributed by atoms with Gasteiger partial charge in [-0.2, -0.15) is 0 Å². The molecule has 0 radical (unpaired) electrons. The first-order valence-electron chi connectivity index (χ1n) is 11.0. The van der Waals surface area contributed by atoms with Crippen molar-refractivity contribution in [2.45, 2.75) is 104 Å². The Bertz CT molecular complexity index is 414. The van der Waals surface area contributed by atoms with Gasteiger partial charge in [-0.05, 0) is 85.4 Å². The summed E-state index contributed by atoms with van der Waals surface area (Å²) in [7, 11) is 0. The maximum absolute atomic E-state index is 2.66. The molecule has 4 aliphatic carbocycles. The van der Waals surface area contributed by atoms with Gasteiger partial charge < -0.3 is 0 Å². The van der Waals surface area contributed by atoms with Crippen molar-refractivity contribution >= 4 is 0 Å². The van der Waals surface area contributed by atoms with Crippen LogP contribution < -0.4 is 0 Å². The number of hydrogen-bond donors (Lipinski definition) is 0. The van der Waals surface area contributed by atoms with Crippen molar-refractivity contribution in [1.82, 2.24) is 0 Å². The van der Waals surface area contributed by atoms with E-state index in [-0.39, 0.29) is 0 Å². The normalized spacial score (nSPS) is 43.7. The van der Waals surface area contributed by atoms with Gasteiger partial charge in [0.15, 0.2) is 0 Å². The SMILES string of the molecule is CC1(C(C)(C)C2CCC3C(CC4CCCCC43)C2)CCCCC1. The first-order valence-corrected chi connectivity index (χ1v) is 11.0. The number of fused-ring (bicyclic) bond motifs is 3. The van der Waals surface area contributed by atoms with Crippen LogP contribution in [0, 0.1) is 40.4 Å². The van der Waals surface area contributed by atoms with Crippen LogP contribution in [0.5, 0.6) is 0 Å². The zero-order valence-electron chi connectivity index (χ0n) is 16.1. The fourth-order valence-corrected chi connectivity index (χ4v) is 7.73. The van der Waals surface area contributed by atoms with Gasteiger partial charge in [0, 0.05) is 0 Å². The molecule has 132 valence electrons. The Morgan fingerprint density at radius 1 is 0.696 bits per heavy atom. The van der Waals surface area contributed by atoms with Crippen LogP contribution in [0.15, 0.2) is 0 Å². The first-order chi connectivity index (χ1) is 11.0. The largest absolute Gasteiger partial charge is 0.0591 e. The van der Waals surface area contributed by atoms with E-state index >= 15 is 0 Å². The molecule has 0 nitrogen and oxygen atoms in total. The Kier molecular flexibility index (Phi) is 4.34. The van der Waals surface area contributed by atoms with Crippen LogP contribution in [-0.4, -0.2) is 0 Å². The van der Waals surface area contributed by atoms with Crippen molar-refractivity contribution in [3.63, 3.8) is 0 Å². The third-order valence-electron chi connectivity index (χ3n) is 9.70. The molecule has 4 aliphatic rings. The van der Waals surface area contributed by atoms with E-state index in [1.807, 2.05) is 0 Å². The minimum absolute atomic E-state index is 0.562. The highest BCUT2D eigenvalue weighted by atomic mass is 14.6. The molecule has 0 aliphatic heterocycles. The lowest BCUT2D eigenvalue weighted by atomic mass is 9.51. The first kappa shape index (κ1) is 16.5. The molecule has 23 heavy (non-hydrogen) atoms. The fourth-order valence-electron chi connectivity index (χ4n) is 7.73. The van der Waals surface area contributed by atoms with Crippen molar-refractivity contribution in [3.8, 4) is 0 Å². The van der Waals surface area contributed by atoms with Crippen LogP contribution in [0.4, 0.5) is 0 Å². The molecule has 4 saturated carbocycles. The lowest BCUT2D eigenvalue weighted by molar-refractivity contribution is -0.0391. The molecule has 0 saturated heterocycles. The summed E-state index contributed by atoms with van der Waals surface area (Å²) in [6, 6.07) is 0. The molecule has 0 heterocycles. The van der Waals surface area contributed by atoms with Crippen LogP contribution in [0.1, 0.15) is 104 Å². The number of hydrogen-bond acceptors (Lipinski definition) is 0. The van der Waals surface area contributed by atoms with Crippen molar-refractivity contribution in [2.24, 2.45) is 40.4 Å². The predicted octanol–water partition coefficient (Wildman–Crippen LogP) is 7.23. The van der Waals surface area contributed by atoms with Gasteiger partial charge >= 0.3 is 0 Å². The summed E-state index contributed by atoms with van der Waals surface area (Å²) in [6.07, 6.45) is 20.0. The molecule has 4 fully saturated rings. The van der Waals surface area contributed by atoms with Gasteiger partial charge in [0.05, 0.1) is 0 Å². The predicted molar refractivity (Wildman–Crippen MR) is 99.4 cm³/mol. The van der Waals surface area contributed by atoms with Gasteiger partial charge in [-0.1, -0.05) is 59.3 Å². The van der Waals surface area contributed by atoms with Gasteiger partial charge in [-0.15, -0.1) is 0 Å². The second-order valence-corrected chi connectivity index (χ2v) is 10.7. The molecule has 0 aromatic heterocycles. The van der Waals surface area contributed by atoms with E-state index in [9.17, 15) is 0 Å². The summed E-state index contributed by atoms with van der Waals surface area (Å²) < 4.78 is 0. The van der Waals surface area contributed by atoms with Crippen LogP contribution in [0.3, 0.4) is 0 Å². The minimum atomic E-state index is 0.562. The van der Waals surface area contributed by atoms with Crippen LogP contribution >= 0.6 is 0 Å². The molecule has 0 spiro atoms. The van der Waals surface area contributed by atoms with E-state index in [1.165, 1.54) is 44.9 Å². The quantitative estimate of drug-likeness (QED) is 0.504. The van der Waals surface area contributed by atoms with E-state index in [2.05, 4.69) is 20.8 Å². The fraction of sp³-hybridized carbons (Fsp3) is 1.00. The van der Waals surface area contributed by atoms with E-state index in [0.717, 1.165) is 29.6 Å². The molecule has 0 heteroatoms. The molecule has 5 atom stereocenters. The highest BCUT2D eigenvalue weighted by Gasteiger charge is 2.52. The van der Waals surface area contributed by atoms with E-state index in [4.69, 9.17) is 0 Å². The Morgan fingerprint density at radius 2 is 1.39 bits per heavy atom. The highest BCUT2D eigenvalue weighted by Crippen LogP contribution is 2.61. The molecule has 0 aromatic rings. The zero-order valence-corrected chi connectivity index (χ0v) is 16.1. The molecule has 0 amide bonds. The molecule has 5 unspecified atom stereocenters. The van der Waals surface area contributed by atoms with E-state index in [0.29, 0.717) is 10.8 Å². The summed E-state index contributed by atoms with van der Waals surface area (Å²) in [5.74, 6) is 5.51. The van der Waals surface area contributed by atoms with Crippen LogP contribution in [0.25, 0.3) is 0 Å². The van der Waals surface area contributed by atoms with Crippen molar-refractivity contribution in [2.75, 3.05) is 0 Å². The number of rotatable bonds is 2. The van der Waals surface area contributed by atoms with Gasteiger partial charge in [0.25, 0.3) is 0 Å². The summed E-state index contributed by atoms with van der Waals surface area (Å²) in [4.78, 5) is 0. The Morgan fingerprint density at radius 3 is 2.17 bits per heavy atom. The van der Waals surface area contributed by atoms with Gasteiger partial charge in [-0.25, -0.2) is 0 Å². The van der Waals surface area contributed by atoms with Gasteiger partial charge in [-0.3, -0.25) is 0 Å². The van der Waals surface area contributed by atoms with Crippen molar-refractivity contribution < 1.29 is 0 Å². The molecular weight excluding hydrogens is 276 g/mol. The third-order valence-corrected chi connectivity index (χ3v) is 9.70. The Hall–Kier alpha value is 0. The second-order valence-electron chi connectivity index (χ2n) is 10.7. The van der Waals surface area contributed by atoms with Gasteiger partial charge in [0.1, 0.15) is 0 Å².